The Balaban J connectivity index is 2.70. The molecule has 10 heteroatoms. The van der Waals surface area contributed by atoms with Crippen LogP contribution < -0.4 is 11.3 Å². The van der Waals surface area contributed by atoms with Crippen molar-refractivity contribution in [2.75, 3.05) is 5.73 Å². The van der Waals surface area contributed by atoms with E-state index in [1.165, 1.54) is 0 Å². The number of hydrogen-bond acceptors (Lipinski definition) is 6. The maximum atomic E-state index is 11.5. The number of aromatic amines is 1. The number of nitrogens with one attached hydrogen (secondary N) is 1. The highest BCUT2D eigenvalue weighted by Crippen LogP contribution is 2.26. The lowest BCUT2D eigenvalue weighted by Crippen LogP contribution is -2.15. The summed E-state index contributed by atoms with van der Waals surface area (Å²) in [5.74, 6) is 0.0256. The van der Waals surface area contributed by atoms with Crippen molar-refractivity contribution in [2.24, 2.45) is 0 Å². The molecule has 0 fully saturated rings. The second kappa shape index (κ2) is 4.25. The fourth-order valence-electron chi connectivity index (χ4n) is 1.55. The monoisotopic (exact) mass is 265 g/mol. The van der Waals surface area contributed by atoms with E-state index in [0.717, 1.165) is 28.9 Å². The standard InChI is InChI=1S/C9H7N5O5/c10-8-4-9(15)12(11-8)6-2-1-5(13(16)17)3-7(6)14(18)19/h1-4,11H,10H2. The van der Waals surface area contributed by atoms with Gasteiger partial charge in [-0.05, 0) is 6.07 Å². The Kier molecular flexibility index (Phi) is 2.75. The Bertz CT molecular complexity index is 731. The summed E-state index contributed by atoms with van der Waals surface area (Å²) < 4.78 is 0.844. The maximum Gasteiger partial charge on any atom is 0.301 e. The summed E-state index contributed by atoms with van der Waals surface area (Å²) in [6.45, 7) is 0. The molecule has 0 radical (unpaired) electrons. The first-order chi connectivity index (χ1) is 8.90. The van der Waals surface area contributed by atoms with Crippen molar-refractivity contribution in [1.29, 1.82) is 0 Å². The highest BCUT2D eigenvalue weighted by atomic mass is 16.6. The van der Waals surface area contributed by atoms with Gasteiger partial charge in [-0.3, -0.25) is 30.1 Å². The van der Waals surface area contributed by atoms with Crippen LogP contribution in [0.4, 0.5) is 17.2 Å². The smallest absolute Gasteiger partial charge is 0.301 e. The number of nitrogens with zero attached hydrogens (tertiary/aromatic N) is 3. The number of rotatable bonds is 3. The summed E-state index contributed by atoms with van der Waals surface area (Å²) in [6.07, 6.45) is 0. The van der Waals surface area contributed by atoms with Crippen LogP contribution in [-0.4, -0.2) is 19.6 Å². The molecule has 1 aromatic heterocycles. The van der Waals surface area contributed by atoms with E-state index in [2.05, 4.69) is 5.10 Å². The molecule has 1 heterocycles. The Hall–Kier alpha value is -3.17. The van der Waals surface area contributed by atoms with Gasteiger partial charge in [-0.1, -0.05) is 0 Å². The van der Waals surface area contributed by atoms with Gasteiger partial charge in [-0.25, -0.2) is 4.68 Å². The van der Waals surface area contributed by atoms with Gasteiger partial charge in [0.05, 0.1) is 15.9 Å². The minimum absolute atomic E-state index is 0.0256. The molecule has 0 bridgehead atoms. The molecule has 0 aliphatic rings. The third-order valence-corrected chi connectivity index (χ3v) is 2.35. The minimum Gasteiger partial charge on any atom is -0.384 e. The predicted octanol–water partition coefficient (Wildman–Crippen LogP) is 0.564. The van der Waals surface area contributed by atoms with Gasteiger partial charge < -0.3 is 5.73 Å². The SMILES string of the molecule is Nc1cc(=O)n(-c2ccc([N+](=O)[O-])cc2[N+](=O)[O-])[nH]1. The highest BCUT2D eigenvalue weighted by Gasteiger charge is 2.22. The Labute approximate surface area is 104 Å². The van der Waals surface area contributed by atoms with Crippen LogP contribution >= 0.6 is 0 Å². The van der Waals surface area contributed by atoms with Crippen LogP contribution in [0.2, 0.25) is 0 Å². The van der Waals surface area contributed by atoms with E-state index in [0.29, 0.717) is 0 Å². The number of H-pyrrole nitrogens is 1. The number of benzene rings is 1. The second-order valence-electron chi connectivity index (χ2n) is 3.57. The third kappa shape index (κ3) is 2.13. The second-order valence-corrected chi connectivity index (χ2v) is 3.57. The van der Waals surface area contributed by atoms with E-state index < -0.39 is 26.8 Å². The maximum absolute atomic E-state index is 11.5. The lowest BCUT2D eigenvalue weighted by molar-refractivity contribution is -0.394. The van der Waals surface area contributed by atoms with Gasteiger partial charge in [0.2, 0.25) is 0 Å². The molecule has 0 amide bonds. The summed E-state index contributed by atoms with van der Waals surface area (Å²) in [7, 11) is 0. The molecular weight excluding hydrogens is 258 g/mol. The number of nitrogen functional groups attached to an aromatic ring is 1. The van der Waals surface area contributed by atoms with Crippen molar-refractivity contribution in [3.05, 3.63) is 54.8 Å². The van der Waals surface area contributed by atoms with E-state index in [1.54, 1.807) is 0 Å². The van der Waals surface area contributed by atoms with E-state index in [9.17, 15) is 25.0 Å². The average Bonchev–Trinajstić information content (AvgIpc) is 2.67. The minimum atomic E-state index is -0.814. The van der Waals surface area contributed by atoms with E-state index in [-0.39, 0.29) is 11.5 Å². The molecule has 0 unspecified atom stereocenters. The quantitative estimate of drug-likeness (QED) is 0.611. The summed E-state index contributed by atoms with van der Waals surface area (Å²) >= 11 is 0. The van der Waals surface area contributed by atoms with E-state index in [4.69, 9.17) is 5.73 Å². The molecule has 10 nitrogen and oxygen atoms in total. The first kappa shape index (κ1) is 12.3. The first-order valence-electron chi connectivity index (χ1n) is 4.91. The Morgan fingerprint density at radius 3 is 2.32 bits per heavy atom. The van der Waals surface area contributed by atoms with Crippen LogP contribution in [-0.2, 0) is 0 Å². The number of anilines is 1. The lowest BCUT2D eigenvalue weighted by Gasteiger charge is -2.02. The normalized spacial score (nSPS) is 10.3. The number of hydrogen-bond donors (Lipinski definition) is 2. The molecule has 0 aliphatic heterocycles. The molecular formula is C9H7N5O5. The fraction of sp³-hybridized carbons (Fsp3) is 0. The van der Waals surface area contributed by atoms with Crippen LogP contribution in [0.3, 0.4) is 0 Å². The van der Waals surface area contributed by atoms with Crippen molar-refractivity contribution < 1.29 is 9.85 Å². The molecule has 0 atom stereocenters. The lowest BCUT2D eigenvalue weighted by atomic mass is 10.2. The van der Waals surface area contributed by atoms with Crippen molar-refractivity contribution >= 4 is 17.2 Å². The molecule has 2 aromatic rings. The van der Waals surface area contributed by atoms with Crippen molar-refractivity contribution in [3.8, 4) is 5.69 Å². The zero-order valence-corrected chi connectivity index (χ0v) is 9.27. The fourth-order valence-corrected chi connectivity index (χ4v) is 1.55. The molecule has 2 rings (SSSR count). The highest BCUT2D eigenvalue weighted by molar-refractivity contribution is 5.58. The zero-order valence-electron chi connectivity index (χ0n) is 9.27. The van der Waals surface area contributed by atoms with Gasteiger partial charge in [-0.2, -0.15) is 0 Å². The summed E-state index contributed by atoms with van der Waals surface area (Å²) in [5.41, 5.74) is 3.62. The van der Waals surface area contributed by atoms with E-state index >= 15 is 0 Å². The summed E-state index contributed by atoms with van der Waals surface area (Å²) in [5, 5.41) is 23.9. The van der Waals surface area contributed by atoms with Gasteiger partial charge in [0.1, 0.15) is 11.5 Å². The molecule has 98 valence electrons. The molecule has 0 aliphatic carbocycles. The molecule has 0 saturated carbocycles. The molecule has 1 aromatic carbocycles. The van der Waals surface area contributed by atoms with Gasteiger partial charge in [0, 0.05) is 12.1 Å². The van der Waals surface area contributed by atoms with E-state index in [1.807, 2.05) is 0 Å². The van der Waals surface area contributed by atoms with Gasteiger partial charge >= 0.3 is 5.69 Å². The number of aromatic nitrogens is 2. The predicted molar refractivity (Wildman–Crippen MR) is 64.1 cm³/mol. The van der Waals surface area contributed by atoms with Gasteiger partial charge in [-0.15, -0.1) is 0 Å². The number of non-ortho nitro benzene ring substituents is 1. The first-order valence-corrected chi connectivity index (χ1v) is 4.91. The number of nitro groups is 2. The van der Waals surface area contributed by atoms with Crippen LogP contribution in [0.25, 0.3) is 5.69 Å². The number of nitrogens with two attached hydrogens (primary N) is 1. The van der Waals surface area contributed by atoms with Crippen LogP contribution in [0.1, 0.15) is 0 Å². The largest absolute Gasteiger partial charge is 0.384 e. The van der Waals surface area contributed by atoms with Crippen molar-refractivity contribution in [2.45, 2.75) is 0 Å². The van der Waals surface area contributed by atoms with Gasteiger partial charge in [0.25, 0.3) is 11.2 Å². The van der Waals surface area contributed by atoms with Gasteiger partial charge in [0.15, 0.2) is 0 Å². The molecule has 3 N–H and O–H groups in total. The molecule has 0 saturated heterocycles. The zero-order chi connectivity index (χ0) is 14.2. The Morgan fingerprint density at radius 2 is 1.84 bits per heavy atom. The van der Waals surface area contributed by atoms with Crippen LogP contribution in [0.15, 0.2) is 29.1 Å². The molecule has 19 heavy (non-hydrogen) atoms. The summed E-state index contributed by atoms with van der Waals surface area (Å²) in [4.78, 5) is 31.4. The summed E-state index contributed by atoms with van der Waals surface area (Å²) in [6, 6.07) is 3.99. The van der Waals surface area contributed by atoms with Crippen molar-refractivity contribution in [1.82, 2.24) is 9.78 Å². The third-order valence-electron chi connectivity index (χ3n) is 2.35. The van der Waals surface area contributed by atoms with Crippen LogP contribution in [0, 0.1) is 20.2 Å². The molecule has 0 spiro atoms. The topological polar surface area (TPSA) is 150 Å². The van der Waals surface area contributed by atoms with Crippen LogP contribution in [0.5, 0.6) is 0 Å². The average molecular weight is 265 g/mol. The Morgan fingerprint density at radius 1 is 1.16 bits per heavy atom. The number of nitro benzene ring substituents is 2. The van der Waals surface area contributed by atoms with Crippen molar-refractivity contribution in [3.63, 3.8) is 0 Å².